The summed E-state index contributed by atoms with van der Waals surface area (Å²) in [6.07, 6.45) is 4.28. The van der Waals surface area contributed by atoms with Crippen molar-refractivity contribution < 1.29 is 14.4 Å². The first-order valence-corrected chi connectivity index (χ1v) is 10.4. The number of hydrogen-bond donors (Lipinski definition) is 2. The zero-order valence-electron chi connectivity index (χ0n) is 14.8. The third kappa shape index (κ3) is 3.88. The van der Waals surface area contributed by atoms with Gasteiger partial charge in [-0.1, -0.05) is 24.3 Å². The van der Waals surface area contributed by atoms with E-state index in [0.29, 0.717) is 17.9 Å². The highest BCUT2D eigenvalue weighted by atomic mass is 32.2. The number of nitrogens with one attached hydrogen (secondary N) is 2. The number of aromatic amines is 1. The van der Waals surface area contributed by atoms with Crippen LogP contribution in [0.2, 0.25) is 0 Å². The molecular formula is C20H17N3O3S2. The maximum absolute atomic E-state index is 12.4. The van der Waals surface area contributed by atoms with Gasteiger partial charge in [0, 0.05) is 28.5 Å². The van der Waals surface area contributed by atoms with Gasteiger partial charge in [0.05, 0.1) is 4.91 Å². The molecule has 6 nitrogen and oxygen atoms in total. The Morgan fingerprint density at radius 2 is 2.04 bits per heavy atom. The molecule has 8 heteroatoms. The molecule has 1 fully saturated rings. The number of H-pyrrole nitrogens is 1. The zero-order valence-corrected chi connectivity index (χ0v) is 16.4. The monoisotopic (exact) mass is 411 g/mol. The summed E-state index contributed by atoms with van der Waals surface area (Å²) in [4.78, 5) is 42.2. The average molecular weight is 412 g/mol. The maximum atomic E-state index is 12.4. The number of thiophene rings is 1. The molecule has 0 saturated carbocycles. The second-order valence-electron chi connectivity index (χ2n) is 6.24. The van der Waals surface area contributed by atoms with E-state index < -0.39 is 11.1 Å². The number of rotatable bonds is 6. The number of carbonyl (C=O) groups is 3. The van der Waals surface area contributed by atoms with Crippen LogP contribution in [0.3, 0.4) is 0 Å². The molecule has 2 aromatic heterocycles. The number of fused-ring (bicyclic) bond motifs is 1. The predicted octanol–water partition coefficient (Wildman–Crippen LogP) is 3.62. The molecule has 4 rings (SSSR count). The van der Waals surface area contributed by atoms with Gasteiger partial charge in [-0.25, -0.2) is 0 Å². The summed E-state index contributed by atoms with van der Waals surface area (Å²) in [5, 5.41) is 5.40. The number of para-hydroxylation sites is 1. The fourth-order valence-electron chi connectivity index (χ4n) is 3.01. The standard InChI is InChI=1S/C20H17N3O3S2/c24-18(21-8-7-13-11-22-16-6-2-1-5-15(13)16)12-23-19(25)17(28-20(23)26)10-14-4-3-9-27-14/h1-6,9-11,22H,7-8,12H2,(H,21,24)/b17-10+. The lowest BCUT2D eigenvalue weighted by Crippen LogP contribution is -2.40. The molecule has 3 aromatic rings. The highest BCUT2D eigenvalue weighted by Crippen LogP contribution is 2.32. The molecular weight excluding hydrogens is 394 g/mol. The first-order valence-electron chi connectivity index (χ1n) is 8.72. The van der Waals surface area contributed by atoms with E-state index in [1.807, 2.05) is 48.0 Å². The van der Waals surface area contributed by atoms with Crippen LogP contribution in [0.15, 0.2) is 52.9 Å². The van der Waals surface area contributed by atoms with Crippen molar-refractivity contribution in [3.8, 4) is 0 Å². The number of thioether (sulfide) groups is 1. The third-order valence-corrected chi connectivity index (χ3v) is 6.11. The second kappa shape index (κ2) is 8.04. The minimum absolute atomic E-state index is 0.264. The van der Waals surface area contributed by atoms with Gasteiger partial charge in [-0.3, -0.25) is 19.3 Å². The molecule has 2 N–H and O–H groups in total. The quantitative estimate of drug-likeness (QED) is 0.607. The van der Waals surface area contributed by atoms with Crippen LogP contribution in [-0.4, -0.2) is 40.0 Å². The Balaban J connectivity index is 1.32. The van der Waals surface area contributed by atoms with Gasteiger partial charge in [-0.15, -0.1) is 11.3 Å². The third-order valence-electron chi connectivity index (χ3n) is 4.38. The van der Waals surface area contributed by atoms with Crippen LogP contribution in [-0.2, 0) is 16.0 Å². The van der Waals surface area contributed by atoms with Crippen molar-refractivity contribution in [1.82, 2.24) is 15.2 Å². The van der Waals surface area contributed by atoms with Crippen LogP contribution < -0.4 is 5.32 Å². The lowest BCUT2D eigenvalue weighted by Gasteiger charge is -2.12. The van der Waals surface area contributed by atoms with Gasteiger partial charge in [-0.2, -0.15) is 0 Å². The zero-order chi connectivity index (χ0) is 19.5. The van der Waals surface area contributed by atoms with E-state index in [-0.39, 0.29) is 12.5 Å². The lowest BCUT2D eigenvalue weighted by atomic mass is 10.1. The van der Waals surface area contributed by atoms with E-state index in [4.69, 9.17) is 0 Å². The van der Waals surface area contributed by atoms with Crippen molar-refractivity contribution in [2.45, 2.75) is 6.42 Å². The van der Waals surface area contributed by atoms with Crippen LogP contribution in [0.1, 0.15) is 10.4 Å². The SMILES string of the molecule is O=C(CN1C(=O)S/C(=C/c2cccs2)C1=O)NCCc1c[nH]c2ccccc12. The summed E-state index contributed by atoms with van der Waals surface area (Å²) in [6.45, 7) is 0.169. The van der Waals surface area contributed by atoms with Gasteiger partial charge >= 0.3 is 0 Å². The number of amides is 3. The molecule has 0 atom stereocenters. The summed E-state index contributed by atoms with van der Waals surface area (Å²) in [7, 11) is 0. The van der Waals surface area contributed by atoms with Crippen molar-refractivity contribution in [3.05, 3.63) is 63.3 Å². The molecule has 142 valence electrons. The van der Waals surface area contributed by atoms with Gasteiger partial charge in [-0.05, 0) is 47.3 Å². The van der Waals surface area contributed by atoms with Crippen molar-refractivity contribution >= 4 is 57.1 Å². The highest BCUT2D eigenvalue weighted by Gasteiger charge is 2.36. The number of hydrogen-bond acceptors (Lipinski definition) is 5. The van der Waals surface area contributed by atoms with Crippen LogP contribution in [0, 0.1) is 0 Å². The first-order chi connectivity index (χ1) is 13.6. The van der Waals surface area contributed by atoms with E-state index in [1.54, 1.807) is 6.08 Å². The summed E-state index contributed by atoms with van der Waals surface area (Å²) in [5.74, 6) is -0.769. The maximum Gasteiger partial charge on any atom is 0.294 e. The Morgan fingerprint density at radius 1 is 1.18 bits per heavy atom. The van der Waals surface area contributed by atoms with Crippen LogP contribution in [0.25, 0.3) is 17.0 Å². The van der Waals surface area contributed by atoms with E-state index in [1.165, 1.54) is 11.3 Å². The summed E-state index contributed by atoms with van der Waals surface area (Å²) in [5.41, 5.74) is 2.17. The van der Waals surface area contributed by atoms with E-state index in [9.17, 15) is 14.4 Å². The molecule has 1 saturated heterocycles. The highest BCUT2D eigenvalue weighted by molar-refractivity contribution is 8.18. The topological polar surface area (TPSA) is 82.3 Å². The van der Waals surface area contributed by atoms with Crippen molar-refractivity contribution in [1.29, 1.82) is 0 Å². The van der Waals surface area contributed by atoms with E-state index in [0.717, 1.165) is 38.0 Å². The van der Waals surface area contributed by atoms with Crippen molar-refractivity contribution in [2.24, 2.45) is 0 Å². The minimum atomic E-state index is -0.421. The molecule has 3 amide bonds. The molecule has 0 unspecified atom stereocenters. The number of carbonyl (C=O) groups excluding carboxylic acids is 3. The number of nitrogens with zero attached hydrogens (tertiary/aromatic N) is 1. The molecule has 0 spiro atoms. The Hall–Kier alpha value is -2.84. The van der Waals surface area contributed by atoms with Gasteiger partial charge in [0.1, 0.15) is 6.54 Å². The molecule has 1 aromatic carbocycles. The molecule has 0 bridgehead atoms. The largest absolute Gasteiger partial charge is 0.361 e. The first kappa shape index (κ1) is 18.5. The Morgan fingerprint density at radius 3 is 2.86 bits per heavy atom. The molecule has 28 heavy (non-hydrogen) atoms. The fourth-order valence-corrected chi connectivity index (χ4v) is 4.57. The molecule has 1 aliphatic heterocycles. The number of aromatic nitrogens is 1. The van der Waals surface area contributed by atoms with Crippen LogP contribution in [0.4, 0.5) is 4.79 Å². The van der Waals surface area contributed by atoms with Gasteiger partial charge in [0.2, 0.25) is 5.91 Å². The second-order valence-corrected chi connectivity index (χ2v) is 8.22. The van der Waals surface area contributed by atoms with Gasteiger partial charge in [0.25, 0.3) is 11.1 Å². The Kier molecular flexibility index (Phi) is 5.31. The van der Waals surface area contributed by atoms with Crippen molar-refractivity contribution in [2.75, 3.05) is 13.1 Å². The van der Waals surface area contributed by atoms with E-state index >= 15 is 0 Å². The molecule has 1 aliphatic rings. The Bertz CT molecular complexity index is 1070. The predicted molar refractivity (Wildman–Crippen MR) is 112 cm³/mol. The minimum Gasteiger partial charge on any atom is -0.361 e. The summed E-state index contributed by atoms with van der Waals surface area (Å²) >= 11 is 2.35. The van der Waals surface area contributed by atoms with Crippen molar-refractivity contribution in [3.63, 3.8) is 0 Å². The number of imide groups is 1. The van der Waals surface area contributed by atoms with E-state index in [2.05, 4.69) is 10.3 Å². The van der Waals surface area contributed by atoms with Gasteiger partial charge < -0.3 is 10.3 Å². The fraction of sp³-hybridized carbons (Fsp3) is 0.150. The molecule has 0 radical (unpaired) electrons. The Labute approximate surface area is 169 Å². The molecule has 3 heterocycles. The van der Waals surface area contributed by atoms with Gasteiger partial charge in [0.15, 0.2) is 0 Å². The van der Waals surface area contributed by atoms with Crippen LogP contribution in [0.5, 0.6) is 0 Å². The summed E-state index contributed by atoms with van der Waals surface area (Å²) < 4.78 is 0. The average Bonchev–Trinajstić information content (AvgIpc) is 3.40. The molecule has 0 aliphatic carbocycles. The summed E-state index contributed by atoms with van der Waals surface area (Å²) in [6, 6.07) is 11.7. The van der Waals surface area contributed by atoms with Crippen LogP contribution >= 0.6 is 23.1 Å². The lowest BCUT2D eigenvalue weighted by molar-refractivity contribution is -0.129. The smallest absolute Gasteiger partial charge is 0.294 e. The normalized spacial score (nSPS) is 15.7. The number of benzene rings is 1.